The topological polar surface area (TPSA) is 111 Å². The number of sulfonamides is 1. The van der Waals surface area contributed by atoms with Crippen molar-refractivity contribution in [3.8, 4) is 5.75 Å². The number of methoxy groups -OCH3 is 1. The Kier molecular flexibility index (Phi) is 6.21. The normalized spacial score (nSPS) is 18.9. The van der Waals surface area contributed by atoms with E-state index in [1.165, 1.54) is 36.5 Å². The number of carbonyl (C=O) groups is 2. The SMILES string of the molecule is COc1ccc(C(=O)O[C@H](C)C(=O)NC2CC2)cc1S(=O)(=O)N1CCOCC1. The van der Waals surface area contributed by atoms with Gasteiger partial charge in [-0.2, -0.15) is 4.31 Å². The van der Waals surface area contributed by atoms with Crippen LogP contribution >= 0.6 is 0 Å². The van der Waals surface area contributed by atoms with Gasteiger partial charge in [0.05, 0.1) is 25.9 Å². The van der Waals surface area contributed by atoms with Gasteiger partial charge in [-0.05, 0) is 38.0 Å². The molecule has 0 aromatic heterocycles. The second-order valence-electron chi connectivity index (χ2n) is 6.71. The highest BCUT2D eigenvalue weighted by molar-refractivity contribution is 7.89. The number of carbonyl (C=O) groups excluding carboxylic acids is 2. The summed E-state index contributed by atoms with van der Waals surface area (Å²) in [5.74, 6) is -1.02. The lowest BCUT2D eigenvalue weighted by atomic mass is 10.2. The fourth-order valence-electron chi connectivity index (χ4n) is 2.76. The quantitative estimate of drug-likeness (QED) is 0.651. The Morgan fingerprint density at radius 1 is 1.25 bits per heavy atom. The molecule has 1 aromatic rings. The van der Waals surface area contributed by atoms with Crippen LogP contribution in [-0.2, 0) is 24.3 Å². The molecule has 1 aliphatic carbocycles. The minimum Gasteiger partial charge on any atom is -0.495 e. The Labute approximate surface area is 164 Å². The number of nitrogens with zero attached hydrogens (tertiary/aromatic N) is 1. The van der Waals surface area contributed by atoms with Gasteiger partial charge < -0.3 is 19.5 Å². The summed E-state index contributed by atoms with van der Waals surface area (Å²) in [6, 6.07) is 4.18. The first-order valence-electron chi connectivity index (χ1n) is 9.10. The van der Waals surface area contributed by atoms with Crippen LogP contribution in [0.5, 0.6) is 5.75 Å². The number of nitrogens with one attached hydrogen (secondary N) is 1. The summed E-state index contributed by atoms with van der Waals surface area (Å²) in [7, 11) is -2.51. The molecule has 0 unspecified atom stereocenters. The molecule has 0 spiro atoms. The summed E-state index contributed by atoms with van der Waals surface area (Å²) in [5, 5.41) is 2.76. The Bertz CT molecular complexity index is 845. The van der Waals surface area contributed by atoms with Crippen LogP contribution in [0.25, 0.3) is 0 Å². The van der Waals surface area contributed by atoms with Gasteiger partial charge in [0.25, 0.3) is 5.91 Å². The molecule has 1 saturated carbocycles. The van der Waals surface area contributed by atoms with Crippen molar-refractivity contribution in [2.75, 3.05) is 33.4 Å². The van der Waals surface area contributed by atoms with Gasteiger partial charge in [0, 0.05) is 19.1 Å². The van der Waals surface area contributed by atoms with Crippen molar-refractivity contribution in [2.24, 2.45) is 0 Å². The molecular weight excluding hydrogens is 388 g/mol. The first-order chi connectivity index (χ1) is 13.3. The van der Waals surface area contributed by atoms with Crippen molar-refractivity contribution in [1.82, 2.24) is 9.62 Å². The molecule has 1 aromatic carbocycles. The van der Waals surface area contributed by atoms with Crippen LogP contribution in [0.15, 0.2) is 23.1 Å². The van der Waals surface area contributed by atoms with Gasteiger partial charge in [-0.15, -0.1) is 0 Å². The van der Waals surface area contributed by atoms with Gasteiger partial charge in [0.1, 0.15) is 10.6 Å². The molecule has 9 nitrogen and oxygen atoms in total. The Hall–Kier alpha value is -2.17. The van der Waals surface area contributed by atoms with E-state index in [0.717, 1.165) is 12.8 Å². The van der Waals surface area contributed by atoms with Crippen LogP contribution in [0.2, 0.25) is 0 Å². The zero-order valence-corrected chi connectivity index (χ0v) is 16.7. The summed E-state index contributed by atoms with van der Waals surface area (Å²) >= 11 is 0. The van der Waals surface area contributed by atoms with Crippen LogP contribution in [0, 0.1) is 0 Å². The van der Waals surface area contributed by atoms with Crippen LogP contribution < -0.4 is 10.1 Å². The molecule has 1 N–H and O–H groups in total. The standard InChI is InChI=1S/C18H24N2O7S/c1-12(17(21)19-14-4-5-14)27-18(22)13-3-6-15(25-2)16(11-13)28(23,24)20-7-9-26-10-8-20/h3,6,11-12,14H,4-5,7-10H2,1-2H3,(H,19,21)/t12-/m1/s1. The van der Waals surface area contributed by atoms with Gasteiger partial charge in [-0.1, -0.05) is 0 Å². The lowest BCUT2D eigenvalue weighted by Crippen LogP contribution is -2.40. The van der Waals surface area contributed by atoms with E-state index in [-0.39, 0.29) is 41.2 Å². The molecule has 1 aliphatic heterocycles. The van der Waals surface area contributed by atoms with Crippen molar-refractivity contribution < 1.29 is 32.2 Å². The zero-order valence-electron chi connectivity index (χ0n) is 15.8. The van der Waals surface area contributed by atoms with Gasteiger partial charge >= 0.3 is 5.97 Å². The highest BCUT2D eigenvalue weighted by Crippen LogP contribution is 2.29. The van der Waals surface area contributed by atoms with E-state index in [9.17, 15) is 18.0 Å². The second kappa shape index (κ2) is 8.46. The van der Waals surface area contributed by atoms with E-state index >= 15 is 0 Å². The second-order valence-corrected chi connectivity index (χ2v) is 8.62. The summed E-state index contributed by atoms with van der Waals surface area (Å²) in [6.45, 7) is 2.52. The Morgan fingerprint density at radius 2 is 1.93 bits per heavy atom. The fourth-order valence-corrected chi connectivity index (χ4v) is 4.35. The van der Waals surface area contributed by atoms with Gasteiger partial charge in [0.15, 0.2) is 6.10 Å². The van der Waals surface area contributed by atoms with Crippen molar-refractivity contribution >= 4 is 21.9 Å². The smallest absolute Gasteiger partial charge is 0.338 e. The van der Waals surface area contributed by atoms with E-state index in [1.807, 2.05) is 0 Å². The summed E-state index contributed by atoms with van der Waals surface area (Å²) in [5.41, 5.74) is 0.0266. The van der Waals surface area contributed by atoms with Crippen molar-refractivity contribution in [3.63, 3.8) is 0 Å². The van der Waals surface area contributed by atoms with E-state index in [0.29, 0.717) is 13.2 Å². The Balaban J connectivity index is 1.79. The molecule has 28 heavy (non-hydrogen) atoms. The highest BCUT2D eigenvalue weighted by Gasteiger charge is 2.31. The third kappa shape index (κ3) is 4.62. The molecule has 1 saturated heterocycles. The number of hydrogen-bond donors (Lipinski definition) is 1. The molecule has 2 aliphatic rings. The maximum atomic E-state index is 13.0. The van der Waals surface area contributed by atoms with Crippen molar-refractivity contribution in [2.45, 2.75) is 36.8 Å². The molecular formula is C18H24N2O7S. The minimum absolute atomic E-state index is 0.0266. The van der Waals surface area contributed by atoms with Crippen molar-refractivity contribution in [1.29, 1.82) is 0 Å². The molecule has 154 valence electrons. The van der Waals surface area contributed by atoms with Crippen LogP contribution in [0.3, 0.4) is 0 Å². The molecule has 1 amide bonds. The highest BCUT2D eigenvalue weighted by atomic mass is 32.2. The molecule has 1 atom stereocenters. The number of hydrogen-bond acceptors (Lipinski definition) is 7. The Morgan fingerprint density at radius 3 is 2.54 bits per heavy atom. The summed E-state index contributed by atoms with van der Waals surface area (Å²) in [6.07, 6.45) is 0.871. The molecule has 10 heteroatoms. The van der Waals surface area contributed by atoms with Gasteiger partial charge in [-0.3, -0.25) is 4.79 Å². The zero-order chi connectivity index (χ0) is 20.3. The first kappa shape index (κ1) is 20.6. The van der Waals surface area contributed by atoms with E-state index in [1.54, 1.807) is 0 Å². The lowest BCUT2D eigenvalue weighted by molar-refractivity contribution is -0.129. The average Bonchev–Trinajstić information content (AvgIpc) is 3.52. The predicted octanol–water partition coefficient (Wildman–Crippen LogP) is 0.540. The number of esters is 1. The maximum Gasteiger partial charge on any atom is 0.338 e. The molecule has 1 heterocycles. The molecule has 2 fully saturated rings. The fraction of sp³-hybridized carbons (Fsp3) is 0.556. The number of ether oxygens (including phenoxy) is 3. The van der Waals surface area contributed by atoms with E-state index in [4.69, 9.17) is 14.2 Å². The molecule has 0 radical (unpaired) electrons. The third-order valence-corrected chi connectivity index (χ3v) is 6.48. The predicted molar refractivity (Wildman–Crippen MR) is 98.6 cm³/mol. The average molecular weight is 412 g/mol. The van der Waals surface area contributed by atoms with Gasteiger partial charge in [-0.25, -0.2) is 13.2 Å². The van der Waals surface area contributed by atoms with Crippen LogP contribution in [0.4, 0.5) is 0 Å². The third-order valence-electron chi connectivity index (χ3n) is 4.56. The van der Waals surface area contributed by atoms with E-state index in [2.05, 4.69) is 5.32 Å². The van der Waals surface area contributed by atoms with Crippen LogP contribution in [-0.4, -0.2) is 70.2 Å². The lowest BCUT2D eigenvalue weighted by Gasteiger charge is -2.26. The monoisotopic (exact) mass is 412 g/mol. The summed E-state index contributed by atoms with van der Waals surface area (Å²) < 4.78 is 42.8. The van der Waals surface area contributed by atoms with Gasteiger partial charge in [0.2, 0.25) is 10.0 Å². The number of morpholine rings is 1. The molecule has 3 rings (SSSR count). The number of amides is 1. The molecule has 0 bridgehead atoms. The summed E-state index contributed by atoms with van der Waals surface area (Å²) in [4.78, 5) is 24.3. The van der Waals surface area contributed by atoms with E-state index < -0.39 is 22.1 Å². The maximum absolute atomic E-state index is 13.0. The number of benzene rings is 1. The van der Waals surface area contributed by atoms with Crippen LogP contribution in [0.1, 0.15) is 30.1 Å². The largest absolute Gasteiger partial charge is 0.495 e. The minimum atomic E-state index is -3.87. The van der Waals surface area contributed by atoms with Crippen molar-refractivity contribution in [3.05, 3.63) is 23.8 Å². The number of rotatable bonds is 7. The first-order valence-corrected chi connectivity index (χ1v) is 10.5.